The topological polar surface area (TPSA) is 408 Å². The smallest absolute Gasteiger partial charge is 0.252 e. The molecule has 0 spiro atoms. The number of nitrogens with zero attached hydrogens (tertiary/aromatic N) is 2. The van der Waals surface area contributed by atoms with Crippen molar-refractivity contribution in [3.05, 3.63) is 72.9 Å². The van der Waals surface area contributed by atoms with Gasteiger partial charge in [-0.1, -0.05) is 268 Å². The van der Waals surface area contributed by atoms with E-state index in [0.717, 1.165) is 154 Å². The SMILES string of the molecule is CCCCC/C=C\C/C=C\CCCCCCCC(=O)NC(S)C(=O)NCCNC(=O)CCN(CCN)CCC(=O)NCCNC(=O)C(S)NC(=O)CCCCCCC/C=C\C/C=C\CCCCC.CCCCCCCC/C=C\CCCCCCCC(=O)NC(S)C(=O)NCCNC(=O)CCN(CCN)CCC(=O)NCCNC(=O)C(S)NC(=O)CCCCCCC/C=C\CCCCCCCC. The zero-order valence-corrected chi connectivity index (χ0v) is 88.5. The van der Waals surface area contributed by atoms with Crippen molar-refractivity contribution in [2.75, 3.05) is 105 Å². The fourth-order valence-corrected chi connectivity index (χ4v) is 15.4. The largest absolute Gasteiger partial charge is 0.354 e. The first-order valence-corrected chi connectivity index (χ1v) is 55.0. The summed E-state index contributed by atoms with van der Waals surface area (Å²) in [5, 5.41) is 28.4. The molecule has 784 valence electrons. The van der Waals surface area contributed by atoms with Gasteiger partial charge in [-0.3, -0.25) is 57.5 Å². The highest BCUT2D eigenvalue weighted by atomic mass is 32.1. The van der Waals surface area contributed by atoms with Gasteiger partial charge in [-0.05, 0) is 141 Å². The summed E-state index contributed by atoms with van der Waals surface area (Å²) >= 11 is 16.9. The van der Waals surface area contributed by atoms with Crippen molar-refractivity contribution < 1.29 is 57.5 Å². The number of carbonyl (C=O) groups excluding carboxylic acids is 12. The molecule has 0 saturated heterocycles. The maximum Gasteiger partial charge on any atom is 0.252 e. The molecule has 28 nitrogen and oxygen atoms in total. The predicted molar refractivity (Wildman–Crippen MR) is 575 cm³/mol. The lowest BCUT2D eigenvalue weighted by atomic mass is 10.1. The Bertz CT molecular complexity index is 3010. The summed E-state index contributed by atoms with van der Waals surface area (Å²) < 4.78 is 0. The van der Waals surface area contributed by atoms with E-state index >= 15 is 0 Å². The van der Waals surface area contributed by atoms with Crippen LogP contribution >= 0.6 is 50.5 Å². The van der Waals surface area contributed by atoms with Crippen molar-refractivity contribution >= 4 is 121 Å². The van der Waals surface area contributed by atoms with E-state index < -0.39 is 45.1 Å². The molecule has 0 aliphatic carbocycles. The summed E-state index contributed by atoms with van der Waals surface area (Å²) in [5.74, 6) is -3.47. The van der Waals surface area contributed by atoms with Gasteiger partial charge in [0.1, 0.15) is 0 Å². The molecule has 0 aromatic heterocycles. The first kappa shape index (κ1) is 131. The van der Waals surface area contributed by atoms with Crippen LogP contribution in [-0.4, -0.2) is 207 Å². The third kappa shape index (κ3) is 93.6. The van der Waals surface area contributed by atoms with Gasteiger partial charge in [0.25, 0.3) is 23.6 Å². The van der Waals surface area contributed by atoms with Gasteiger partial charge < -0.3 is 85.1 Å². The fourth-order valence-electron chi connectivity index (χ4n) is 14.4. The van der Waals surface area contributed by atoms with Crippen molar-refractivity contribution in [2.45, 2.75) is 409 Å². The quantitative estimate of drug-likeness (QED) is 0.0116. The number of thiol groups is 4. The Balaban J connectivity index is 0. The van der Waals surface area contributed by atoms with Crippen LogP contribution in [0.2, 0.25) is 0 Å². The van der Waals surface area contributed by atoms with Crippen LogP contribution in [0.4, 0.5) is 0 Å². The molecule has 0 bridgehead atoms. The number of nitrogens with one attached hydrogen (secondary N) is 12. The second-order valence-electron chi connectivity index (χ2n) is 35.3. The Morgan fingerprint density at radius 2 is 0.382 bits per heavy atom. The number of hydrogen-bond donors (Lipinski definition) is 18. The third-order valence-electron chi connectivity index (χ3n) is 22.7. The van der Waals surface area contributed by atoms with Crippen LogP contribution in [0.25, 0.3) is 0 Å². The second kappa shape index (κ2) is 101. The Morgan fingerprint density at radius 3 is 0.588 bits per heavy atom. The zero-order chi connectivity index (χ0) is 100. The molecule has 0 rings (SSSR count). The van der Waals surface area contributed by atoms with Crippen LogP contribution in [0.15, 0.2) is 72.9 Å². The van der Waals surface area contributed by atoms with Crippen molar-refractivity contribution in [3.63, 3.8) is 0 Å². The lowest BCUT2D eigenvalue weighted by molar-refractivity contribution is -0.127. The number of amides is 12. The van der Waals surface area contributed by atoms with Crippen LogP contribution < -0.4 is 75.3 Å². The van der Waals surface area contributed by atoms with Crippen LogP contribution in [0.3, 0.4) is 0 Å². The Labute approximate surface area is 845 Å². The van der Waals surface area contributed by atoms with Gasteiger partial charge in [-0.25, -0.2) is 0 Å². The van der Waals surface area contributed by atoms with Gasteiger partial charge in [-0.2, -0.15) is 0 Å². The Hall–Kier alpha value is -6.68. The van der Waals surface area contributed by atoms with E-state index in [4.69, 9.17) is 11.5 Å². The van der Waals surface area contributed by atoms with Crippen molar-refractivity contribution in [1.29, 1.82) is 0 Å². The molecule has 16 N–H and O–H groups in total. The predicted octanol–water partition coefficient (Wildman–Crippen LogP) is 16.2. The highest BCUT2D eigenvalue weighted by Gasteiger charge is 2.22. The standard InChI is InChI=1S/C52H98N8O6S2.C52H94N8O6S2/c2*1-3-5-7-9-11-13-15-17-19-21-23-25-27-29-31-33-47(63)58-51(67)49(65)56-40-38-54-45(61)35-42-60(44-37-53)43-36-46(62)55-39-41-57-50(66)52(68)59-48(64)34-32-30-28-26-24-22-20-18-16-14-12-10-8-6-4-2/h17-20,51-52,67-68H,3-16,21-44,53H2,1-2H3,(H,54,61)(H,55,62)(H,56,65)(H,57,66)(H,58,63)(H,59,64);11-14,17-20,51-52,67-68H,3-10,15-16,21-44,53H2,1-2H3,(H,54,61)(H,55,62)(H,56,65)(H,57,66)(H,58,63)(H,59,64)/b19-17-,20-18-;13-11-,14-12-,19-17-,20-18-. The molecule has 4 atom stereocenters. The lowest BCUT2D eigenvalue weighted by Crippen LogP contribution is -2.45. The van der Waals surface area contributed by atoms with E-state index in [1.165, 1.54) is 154 Å². The summed E-state index contributed by atoms with van der Waals surface area (Å²) in [6, 6.07) is 0. The minimum Gasteiger partial charge on any atom is -0.354 e. The molecule has 4 unspecified atom stereocenters. The maximum absolute atomic E-state index is 12.5. The van der Waals surface area contributed by atoms with Gasteiger partial charge in [0.15, 0.2) is 21.5 Å². The van der Waals surface area contributed by atoms with Gasteiger partial charge in [-0.15, -0.1) is 50.5 Å². The lowest BCUT2D eigenvalue weighted by Gasteiger charge is -2.21. The van der Waals surface area contributed by atoms with E-state index in [1.807, 2.05) is 9.80 Å². The van der Waals surface area contributed by atoms with Gasteiger partial charge >= 0.3 is 0 Å². The number of carbonyl (C=O) groups is 12. The maximum atomic E-state index is 12.5. The molecule has 0 aromatic rings. The summed E-state index contributed by atoms with van der Waals surface area (Å²) in [4.78, 5) is 153. The molecule has 0 heterocycles. The molecule has 0 radical (unpaired) electrons. The van der Waals surface area contributed by atoms with E-state index in [9.17, 15) is 57.5 Å². The van der Waals surface area contributed by atoms with E-state index in [1.54, 1.807) is 0 Å². The summed E-state index contributed by atoms with van der Waals surface area (Å²) in [6.45, 7) is 13.8. The van der Waals surface area contributed by atoms with Gasteiger partial charge in [0.2, 0.25) is 47.3 Å². The van der Waals surface area contributed by atoms with Gasteiger partial charge in [0.05, 0.1) is 0 Å². The highest BCUT2D eigenvalue weighted by Crippen LogP contribution is 2.16. The van der Waals surface area contributed by atoms with Crippen LogP contribution in [0.5, 0.6) is 0 Å². The summed E-state index contributed by atoms with van der Waals surface area (Å²) in [6.07, 6.45) is 84.4. The van der Waals surface area contributed by atoms with Gasteiger partial charge in [0, 0.05) is 156 Å². The van der Waals surface area contributed by atoms with Crippen LogP contribution in [0.1, 0.15) is 387 Å². The number of nitrogens with two attached hydrogens (primary N) is 2. The molecule has 12 amide bonds. The summed E-state index contributed by atoms with van der Waals surface area (Å²) in [5.41, 5.74) is 11.5. The first-order chi connectivity index (χ1) is 66.1. The minimum atomic E-state index is -0.979. The number of allylic oxidation sites excluding steroid dienone is 12. The molecule has 0 saturated carbocycles. The van der Waals surface area contributed by atoms with E-state index in [2.05, 4.69) is 215 Å². The third-order valence-corrected chi connectivity index (χ3v) is 24.2. The van der Waals surface area contributed by atoms with Crippen LogP contribution in [-0.2, 0) is 57.5 Å². The first-order valence-electron chi connectivity index (χ1n) is 52.9. The average molecular weight is 1990 g/mol. The molecule has 136 heavy (non-hydrogen) atoms. The zero-order valence-electron chi connectivity index (χ0n) is 84.9. The molecule has 0 fully saturated rings. The van der Waals surface area contributed by atoms with Crippen molar-refractivity contribution in [3.8, 4) is 0 Å². The molecule has 0 aliphatic heterocycles. The molecule has 0 aromatic carbocycles. The fraction of sp³-hybridized carbons (Fsp3) is 0.769. The summed E-state index contributed by atoms with van der Waals surface area (Å²) in [7, 11) is 0. The normalized spacial score (nSPS) is 12.4. The van der Waals surface area contributed by atoms with Crippen molar-refractivity contribution in [1.82, 2.24) is 73.6 Å². The Kier molecular flexibility index (Phi) is 97.8. The second-order valence-corrected chi connectivity index (χ2v) is 37.4. The van der Waals surface area contributed by atoms with Crippen molar-refractivity contribution in [2.24, 2.45) is 11.5 Å². The molecular weight excluding hydrogens is 1790 g/mol. The molecule has 32 heteroatoms. The molecule has 0 aliphatic rings. The van der Waals surface area contributed by atoms with E-state index in [-0.39, 0.29) is 125 Å². The minimum absolute atomic E-state index is 0.176. The van der Waals surface area contributed by atoms with E-state index in [0.29, 0.717) is 78.0 Å². The Morgan fingerprint density at radius 1 is 0.213 bits per heavy atom. The highest BCUT2D eigenvalue weighted by molar-refractivity contribution is 7.82. The number of unbranched alkanes of at least 4 members (excludes halogenated alkanes) is 38. The number of hydrogen-bond acceptors (Lipinski definition) is 20. The molecular formula is C104H192N16O12S4. The number of rotatable bonds is 94. The average Bonchev–Trinajstić information content (AvgIpc) is 0.954. The monoisotopic (exact) mass is 1990 g/mol. The van der Waals surface area contributed by atoms with Crippen LogP contribution in [0, 0.1) is 0 Å².